The van der Waals surface area contributed by atoms with Gasteiger partial charge in [0, 0.05) is 0 Å². The van der Waals surface area contributed by atoms with Gasteiger partial charge in [-0.1, -0.05) is 12.1 Å². The molecule has 1 aliphatic heterocycles. The molecule has 1 saturated heterocycles. The van der Waals surface area contributed by atoms with Crippen LogP contribution >= 0.6 is 10.0 Å². The quantitative estimate of drug-likeness (QED) is 0.763. The lowest BCUT2D eigenvalue weighted by Crippen LogP contribution is -2.41. The highest BCUT2D eigenvalue weighted by atomic mass is 32.3. The number of halogens is 1. The second kappa shape index (κ2) is 5.70. The summed E-state index contributed by atoms with van der Waals surface area (Å²) in [5.41, 5.74) is 1.16. The van der Waals surface area contributed by atoms with E-state index in [1.54, 1.807) is 12.1 Å². The molecule has 0 spiro atoms. The van der Waals surface area contributed by atoms with E-state index >= 15 is 0 Å². The molecule has 1 heterocycles. The first-order valence-electron chi connectivity index (χ1n) is 7.43. The lowest BCUT2D eigenvalue weighted by molar-refractivity contribution is 0.00578. The Kier molecular flexibility index (Phi) is 4.55. The first-order chi connectivity index (χ1) is 9.91. The lowest BCUT2D eigenvalue weighted by atomic mass is 9.75. The number of hydrogen-bond acceptors (Lipinski definition) is 2. The zero-order valence-corrected chi connectivity index (χ0v) is 15.4. The van der Waals surface area contributed by atoms with Gasteiger partial charge in [-0.25, -0.2) is 14.4 Å². The Hall–Kier alpha value is -0.775. The predicted octanol–water partition coefficient (Wildman–Crippen LogP) is 4.49. The smallest absolute Gasteiger partial charge is 0.399 e. The van der Waals surface area contributed by atoms with Crippen LogP contribution in [-0.4, -0.2) is 37.1 Å². The van der Waals surface area contributed by atoms with Crippen LogP contribution in [0.3, 0.4) is 0 Å². The molecule has 0 radical (unpaired) electrons. The van der Waals surface area contributed by atoms with Crippen molar-refractivity contribution in [2.75, 3.05) is 18.8 Å². The first-order valence-corrected chi connectivity index (χ1v) is 10.3. The fourth-order valence-corrected chi connectivity index (χ4v) is 3.26. The van der Waals surface area contributed by atoms with Gasteiger partial charge in [-0.15, -0.1) is 0 Å². The Balaban J connectivity index is 2.44. The molecule has 0 unspecified atom stereocenters. The molecule has 0 aromatic heterocycles. The van der Waals surface area contributed by atoms with Crippen molar-refractivity contribution < 1.29 is 13.7 Å². The normalized spacial score (nSPS) is 22.0. The topological polar surface area (TPSA) is 18.5 Å². The van der Waals surface area contributed by atoms with Crippen molar-refractivity contribution in [1.29, 1.82) is 0 Å². The summed E-state index contributed by atoms with van der Waals surface area (Å²) in [6.07, 6.45) is 6.63. The van der Waals surface area contributed by atoms with Crippen LogP contribution in [0.5, 0.6) is 0 Å². The van der Waals surface area contributed by atoms with Gasteiger partial charge in [-0.3, -0.25) is 0 Å². The summed E-state index contributed by atoms with van der Waals surface area (Å²) < 4.78 is 25.6. The second-order valence-corrected chi connectivity index (χ2v) is 11.7. The SMILES string of the molecule is CC1(C)OB(/C(=C/S(C)(C)C)c2ccc(F)cc2)OC1(C)C. The molecule has 22 heavy (non-hydrogen) atoms. The molecule has 0 aliphatic carbocycles. The second-order valence-electron chi connectivity index (χ2n) is 7.60. The minimum atomic E-state index is -0.909. The van der Waals surface area contributed by atoms with Gasteiger partial charge in [-0.2, -0.15) is 0 Å². The minimum Gasteiger partial charge on any atom is -0.399 e. The molecule has 1 aliphatic rings. The summed E-state index contributed by atoms with van der Waals surface area (Å²) >= 11 is 0. The van der Waals surface area contributed by atoms with E-state index in [0.717, 1.165) is 11.0 Å². The van der Waals surface area contributed by atoms with Crippen LogP contribution in [0.2, 0.25) is 0 Å². The molecule has 1 fully saturated rings. The van der Waals surface area contributed by atoms with Crippen molar-refractivity contribution in [1.82, 2.24) is 0 Å². The molecule has 1 aromatic carbocycles. The van der Waals surface area contributed by atoms with Crippen LogP contribution in [0.1, 0.15) is 33.3 Å². The van der Waals surface area contributed by atoms with Crippen LogP contribution in [-0.2, 0) is 9.31 Å². The van der Waals surface area contributed by atoms with Crippen LogP contribution in [0.15, 0.2) is 29.7 Å². The molecule has 5 heteroatoms. The molecule has 0 amide bonds. The van der Waals surface area contributed by atoms with Gasteiger partial charge in [0.15, 0.2) is 0 Å². The molecule has 1 aromatic rings. The Bertz CT molecular complexity index is 557. The van der Waals surface area contributed by atoms with Crippen LogP contribution in [0.4, 0.5) is 4.39 Å². The summed E-state index contributed by atoms with van der Waals surface area (Å²) in [4.78, 5) is 0. The average molecular weight is 324 g/mol. The molecule has 122 valence electrons. The van der Waals surface area contributed by atoms with E-state index in [2.05, 4.69) is 24.2 Å². The highest BCUT2D eigenvalue weighted by Crippen LogP contribution is 2.45. The molecule has 0 atom stereocenters. The molecule has 0 saturated carbocycles. The third kappa shape index (κ3) is 3.76. The first kappa shape index (κ1) is 17.6. The lowest BCUT2D eigenvalue weighted by Gasteiger charge is -2.32. The summed E-state index contributed by atoms with van der Waals surface area (Å²) in [5, 5.41) is 2.22. The van der Waals surface area contributed by atoms with Crippen molar-refractivity contribution in [3.8, 4) is 0 Å². The number of rotatable bonds is 3. The van der Waals surface area contributed by atoms with E-state index in [1.165, 1.54) is 12.1 Å². The Morgan fingerprint density at radius 2 is 1.45 bits per heavy atom. The van der Waals surface area contributed by atoms with Gasteiger partial charge < -0.3 is 9.31 Å². The highest BCUT2D eigenvalue weighted by molar-refractivity contribution is 8.34. The molecular weight excluding hydrogens is 298 g/mol. The predicted molar refractivity (Wildman–Crippen MR) is 95.8 cm³/mol. The van der Waals surface area contributed by atoms with Crippen molar-refractivity contribution in [3.05, 3.63) is 41.1 Å². The maximum Gasteiger partial charge on any atom is 0.495 e. The summed E-state index contributed by atoms with van der Waals surface area (Å²) in [6, 6.07) is 6.54. The summed E-state index contributed by atoms with van der Waals surface area (Å²) in [7, 11) is -1.34. The molecule has 2 rings (SSSR count). The largest absolute Gasteiger partial charge is 0.495 e. The third-order valence-corrected chi connectivity index (χ3v) is 5.13. The van der Waals surface area contributed by atoms with Gasteiger partial charge in [-0.05, 0) is 75.0 Å². The third-order valence-electron chi connectivity index (χ3n) is 4.17. The standard InChI is InChI=1S/C17H26BFO2S/c1-16(2)17(3,4)21-18(20-16)15(12-22(5,6)7)13-8-10-14(19)11-9-13/h8-12H,1-7H3/b15-12+. The molecule has 0 bridgehead atoms. The van der Waals surface area contributed by atoms with Crippen LogP contribution in [0.25, 0.3) is 5.47 Å². The minimum absolute atomic E-state index is 0.236. The van der Waals surface area contributed by atoms with Gasteiger partial charge in [0.25, 0.3) is 0 Å². The summed E-state index contributed by atoms with van der Waals surface area (Å²) in [5.74, 6) is -0.236. The maximum absolute atomic E-state index is 13.2. The van der Waals surface area contributed by atoms with Crippen molar-refractivity contribution in [3.63, 3.8) is 0 Å². The van der Waals surface area contributed by atoms with Crippen molar-refractivity contribution in [2.45, 2.75) is 38.9 Å². The van der Waals surface area contributed by atoms with Gasteiger partial charge >= 0.3 is 7.12 Å². The molecular formula is C17H26BFO2S. The fraction of sp³-hybridized carbons (Fsp3) is 0.529. The number of benzene rings is 1. The van der Waals surface area contributed by atoms with E-state index < -0.39 is 17.1 Å². The molecule has 2 nitrogen and oxygen atoms in total. The van der Waals surface area contributed by atoms with Crippen molar-refractivity contribution in [2.24, 2.45) is 0 Å². The van der Waals surface area contributed by atoms with E-state index in [4.69, 9.17) is 9.31 Å². The van der Waals surface area contributed by atoms with E-state index in [-0.39, 0.29) is 17.0 Å². The Morgan fingerprint density at radius 3 is 1.86 bits per heavy atom. The zero-order chi connectivity index (χ0) is 16.8. The van der Waals surface area contributed by atoms with Gasteiger partial charge in [0.2, 0.25) is 0 Å². The number of hydrogen-bond donors (Lipinski definition) is 0. The van der Waals surface area contributed by atoms with E-state index in [0.29, 0.717) is 0 Å². The monoisotopic (exact) mass is 324 g/mol. The zero-order valence-electron chi connectivity index (χ0n) is 14.6. The van der Waals surface area contributed by atoms with E-state index in [9.17, 15) is 4.39 Å². The van der Waals surface area contributed by atoms with Crippen LogP contribution < -0.4 is 0 Å². The maximum atomic E-state index is 13.2. The van der Waals surface area contributed by atoms with Crippen molar-refractivity contribution >= 4 is 22.6 Å². The van der Waals surface area contributed by atoms with E-state index in [1.807, 2.05) is 27.7 Å². The van der Waals surface area contributed by atoms with Crippen LogP contribution in [0, 0.1) is 5.82 Å². The average Bonchev–Trinajstić information content (AvgIpc) is 2.55. The van der Waals surface area contributed by atoms with Gasteiger partial charge in [0.05, 0.1) is 11.2 Å². The fourth-order valence-electron chi connectivity index (χ4n) is 2.25. The summed E-state index contributed by atoms with van der Waals surface area (Å²) in [6.45, 7) is 8.16. The molecule has 0 N–H and O–H groups in total. The van der Waals surface area contributed by atoms with Gasteiger partial charge in [0.1, 0.15) is 5.82 Å². The highest BCUT2D eigenvalue weighted by Gasteiger charge is 2.52. The Morgan fingerprint density at radius 1 is 1.00 bits per heavy atom. The Labute approximate surface area is 135 Å².